The Morgan fingerprint density at radius 2 is 2.44 bits per heavy atom. The first-order valence-corrected chi connectivity index (χ1v) is 4.98. The minimum absolute atomic E-state index is 0.158. The van der Waals surface area contributed by atoms with Gasteiger partial charge in [0.2, 0.25) is 0 Å². The van der Waals surface area contributed by atoms with Crippen LogP contribution in [0.15, 0.2) is 17.1 Å². The third-order valence-corrected chi connectivity index (χ3v) is 2.62. The molecule has 16 heavy (non-hydrogen) atoms. The molecule has 1 fully saturated rings. The van der Waals surface area contributed by atoms with Crippen molar-refractivity contribution in [1.82, 2.24) is 9.55 Å². The smallest absolute Gasteiger partial charge is 0.351 e. The predicted octanol–water partition coefficient (Wildman–Crippen LogP) is -1.57. The lowest BCUT2D eigenvalue weighted by Crippen LogP contribution is -2.32. The van der Waals surface area contributed by atoms with Crippen molar-refractivity contribution < 1.29 is 9.84 Å². The van der Waals surface area contributed by atoms with Gasteiger partial charge in [-0.05, 0) is 6.07 Å². The molecule has 0 aliphatic carbocycles. The summed E-state index contributed by atoms with van der Waals surface area (Å²) in [5, 5.41) is 8.99. The van der Waals surface area contributed by atoms with E-state index < -0.39 is 18.0 Å². The predicted molar refractivity (Wildman–Crippen MR) is 56.5 cm³/mol. The lowest BCUT2D eigenvalue weighted by molar-refractivity contribution is -0.0270. The standard InChI is InChI=1S/C9H14N4O3/c10-5-3-8(16-6(5)4-14)13-2-1-7(11)12-9(13)15/h1-2,5-6,8,14H,3-4,10H2,(H2,11,12,15)/t5-,6+,8-/m1/s1. The van der Waals surface area contributed by atoms with Crippen LogP contribution >= 0.6 is 0 Å². The van der Waals surface area contributed by atoms with Gasteiger partial charge in [0.25, 0.3) is 0 Å². The summed E-state index contributed by atoms with van der Waals surface area (Å²) in [4.78, 5) is 15.1. The van der Waals surface area contributed by atoms with Gasteiger partial charge in [0.05, 0.1) is 12.7 Å². The van der Waals surface area contributed by atoms with Gasteiger partial charge in [-0.1, -0.05) is 0 Å². The topological polar surface area (TPSA) is 116 Å². The SMILES string of the molecule is Nc1ccn([C@H]2C[C@@H](N)[C@H](CO)O2)c(=O)n1. The number of rotatable bonds is 2. The molecule has 7 nitrogen and oxygen atoms in total. The summed E-state index contributed by atoms with van der Waals surface area (Å²) in [6.45, 7) is -0.158. The van der Waals surface area contributed by atoms with Crippen LogP contribution in [-0.4, -0.2) is 33.4 Å². The van der Waals surface area contributed by atoms with E-state index in [4.69, 9.17) is 21.3 Å². The van der Waals surface area contributed by atoms with Gasteiger partial charge < -0.3 is 21.3 Å². The number of anilines is 1. The molecule has 88 valence electrons. The maximum absolute atomic E-state index is 11.5. The van der Waals surface area contributed by atoms with E-state index in [1.807, 2.05) is 0 Å². The Labute approximate surface area is 91.6 Å². The van der Waals surface area contributed by atoms with E-state index in [1.54, 1.807) is 0 Å². The van der Waals surface area contributed by atoms with E-state index >= 15 is 0 Å². The van der Waals surface area contributed by atoms with E-state index in [-0.39, 0.29) is 18.5 Å². The zero-order valence-electron chi connectivity index (χ0n) is 8.61. The Balaban J connectivity index is 2.23. The molecule has 2 rings (SSSR count). The number of nitrogens with zero attached hydrogens (tertiary/aromatic N) is 2. The third kappa shape index (κ3) is 1.92. The van der Waals surface area contributed by atoms with E-state index in [0.717, 1.165) is 0 Å². The van der Waals surface area contributed by atoms with Crippen molar-refractivity contribution >= 4 is 5.82 Å². The van der Waals surface area contributed by atoms with Crippen LogP contribution in [-0.2, 0) is 4.74 Å². The Morgan fingerprint density at radius 3 is 3.00 bits per heavy atom. The fourth-order valence-electron chi connectivity index (χ4n) is 1.75. The van der Waals surface area contributed by atoms with Crippen molar-refractivity contribution in [2.75, 3.05) is 12.3 Å². The van der Waals surface area contributed by atoms with Gasteiger partial charge in [0.15, 0.2) is 0 Å². The molecule has 3 atom stereocenters. The first-order valence-electron chi connectivity index (χ1n) is 4.98. The van der Waals surface area contributed by atoms with E-state index in [1.165, 1.54) is 16.8 Å². The van der Waals surface area contributed by atoms with Gasteiger partial charge in [0.1, 0.15) is 12.0 Å². The van der Waals surface area contributed by atoms with Crippen LogP contribution in [0.5, 0.6) is 0 Å². The Bertz CT molecular complexity index is 433. The van der Waals surface area contributed by atoms with Crippen LogP contribution in [0.4, 0.5) is 5.82 Å². The number of nitrogen functional groups attached to an aromatic ring is 1. The van der Waals surface area contributed by atoms with Crippen molar-refractivity contribution in [3.8, 4) is 0 Å². The number of aliphatic hydroxyl groups excluding tert-OH is 1. The molecule has 0 spiro atoms. The number of nitrogens with two attached hydrogens (primary N) is 2. The van der Waals surface area contributed by atoms with Gasteiger partial charge in [-0.25, -0.2) is 4.79 Å². The van der Waals surface area contributed by atoms with Gasteiger partial charge in [-0.15, -0.1) is 0 Å². The molecule has 0 saturated carbocycles. The Hall–Kier alpha value is -1.44. The van der Waals surface area contributed by atoms with Crippen molar-refractivity contribution in [1.29, 1.82) is 0 Å². The summed E-state index contributed by atoms with van der Waals surface area (Å²) in [7, 11) is 0. The largest absolute Gasteiger partial charge is 0.394 e. The number of aliphatic hydroxyl groups is 1. The van der Waals surface area contributed by atoms with Gasteiger partial charge in [-0.2, -0.15) is 4.98 Å². The number of hydrogen-bond acceptors (Lipinski definition) is 6. The fourth-order valence-corrected chi connectivity index (χ4v) is 1.75. The van der Waals surface area contributed by atoms with Gasteiger partial charge in [0, 0.05) is 18.7 Å². The molecule has 1 saturated heterocycles. The summed E-state index contributed by atoms with van der Waals surface area (Å²) >= 11 is 0. The van der Waals surface area contributed by atoms with Crippen molar-refractivity contribution in [2.24, 2.45) is 5.73 Å². The van der Waals surface area contributed by atoms with Crippen LogP contribution in [0.3, 0.4) is 0 Å². The quantitative estimate of drug-likeness (QED) is 0.561. The molecule has 0 radical (unpaired) electrons. The van der Waals surface area contributed by atoms with Crippen molar-refractivity contribution in [3.63, 3.8) is 0 Å². The van der Waals surface area contributed by atoms with Gasteiger partial charge >= 0.3 is 5.69 Å². The zero-order chi connectivity index (χ0) is 11.7. The van der Waals surface area contributed by atoms with E-state index in [2.05, 4.69) is 4.98 Å². The highest BCUT2D eigenvalue weighted by molar-refractivity contribution is 5.23. The van der Waals surface area contributed by atoms with Crippen LogP contribution in [0, 0.1) is 0 Å². The number of hydrogen-bond donors (Lipinski definition) is 3. The lowest BCUT2D eigenvalue weighted by Gasteiger charge is -2.14. The number of ether oxygens (including phenoxy) is 1. The molecular weight excluding hydrogens is 212 g/mol. The normalized spacial score (nSPS) is 29.5. The Kier molecular flexibility index (Phi) is 2.90. The molecule has 5 N–H and O–H groups in total. The van der Waals surface area contributed by atoms with Crippen LogP contribution < -0.4 is 17.2 Å². The highest BCUT2D eigenvalue weighted by atomic mass is 16.5. The van der Waals surface area contributed by atoms with Crippen LogP contribution in [0.1, 0.15) is 12.6 Å². The molecule has 0 bridgehead atoms. The molecule has 0 unspecified atom stereocenters. The fraction of sp³-hybridized carbons (Fsp3) is 0.556. The van der Waals surface area contributed by atoms with E-state index in [0.29, 0.717) is 6.42 Å². The summed E-state index contributed by atoms with van der Waals surface area (Å²) < 4.78 is 6.76. The average molecular weight is 226 g/mol. The molecule has 0 amide bonds. The molecule has 0 aromatic carbocycles. The van der Waals surface area contributed by atoms with Crippen molar-refractivity contribution in [2.45, 2.75) is 24.8 Å². The minimum Gasteiger partial charge on any atom is -0.394 e. The lowest BCUT2D eigenvalue weighted by atomic mass is 10.1. The second-order valence-corrected chi connectivity index (χ2v) is 3.75. The summed E-state index contributed by atoms with van der Waals surface area (Å²) in [6.07, 6.45) is 1.07. The third-order valence-electron chi connectivity index (χ3n) is 2.62. The maximum atomic E-state index is 11.5. The Morgan fingerprint density at radius 1 is 1.69 bits per heavy atom. The molecule has 2 heterocycles. The molecule has 1 aromatic rings. The van der Waals surface area contributed by atoms with Crippen LogP contribution in [0.25, 0.3) is 0 Å². The first-order chi connectivity index (χ1) is 7.61. The van der Waals surface area contributed by atoms with Crippen molar-refractivity contribution in [3.05, 3.63) is 22.7 Å². The average Bonchev–Trinajstić information content (AvgIpc) is 2.59. The second kappa shape index (κ2) is 4.20. The molecule has 7 heteroatoms. The second-order valence-electron chi connectivity index (χ2n) is 3.75. The summed E-state index contributed by atoms with van der Waals surface area (Å²) in [5.41, 5.74) is 10.7. The number of aromatic nitrogens is 2. The first kappa shape index (κ1) is 11.1. The molecule has 1 aliphatic rings. The molecule has 1 aliphatic heterocycles. The summed E-state index contributed by atoms with van der Waals surface area (Å²) in [5.74, 6) is 0.169. The minimum atomic E-state index is -0.479. The molecule has 1 aromatic heterocycles. The van der Waals surface area contributed by atoms with E-state index in [9.17, 15) is 4.79 Å². The van der Waals surface area contributed by atoms with Crippen LogP contribution in [0.2, 0.25) is 0 Å². The molecular formula is C9H14N4O3. The monoisotopic (exact) mass is 226 g/mol. The highest BCUT2D eigenvalue weighted by Gasteiger charge is 2.33. The maximum Gasteiger partial charge on any atom is 0.351 e. The highest BCUT2D eigenvalue weighted by Crippen LogP contribution is 2.25. The van der Waals surface area contributed by atoms with Gasteiger partial charge in [-0.3, -0.25) is 4.57 Å². The zero-order valence-corrected chi connectivity index (χ0v) is 8.61. The summed E-state index contributed by atoms with van der Waals surface area (Å²) in [6, 6.07) is 1.24.